The molecule has 0 fully saturated rings. The lowest BCUT2D eigenvalue weighted by atomic mass is 10.1. The van der Waals surface area contributed by atoms with E-state index in [1.165, 1.54) is 25.3 Å². The maximum absolute atomic E-state index is 13.6. The van der Waals surface area contributed by atoms with Gasteiger partial charge >= 0.3 is 0 Å². The number of carbonyl (C=O) groups is 1. The van der Waals surface area contributed by atoms with Gasteiger partial charge in [0.1, 0.15) is 11.6 Å². The Morgan fingerprint density at radius 1 is 1.53 bits per heavy atom. The average molecular weight is 269 g/mol. The van der Waals surface area contributed by atoms with E-state index in [0.717, 1.165) is 0 Å². The molecule has 1 unspecified atom stereocenters. The van der Waals surface area contributed by atoms with Crippen molar-refractivity contribution < 1.29 is 13.9 Å². The fraction of sp³-hybridized carbons (Fsp3) is 0.462. The zero-order valence-corrected chi connectivity index (χ0v) is 11.2. The fourth-order valence-electron chi connectivity index (χ4n) is 1.65. The van der Waals surface area contributed by atoms with Crippen molar-refractivity contribution >= 4 is 11.6 Å². The van der Waals surface area contributed by atoms with Crippen molar-refractivity contribution in [1.29, 1.82) is 0 Å². The van der Waals surface area contributed by atoms with Gasteiger partial charge in [-0.05, 0) is 19.1 Å². The predicted octanol–water partition coefficient (Wildman–Crippen LogP) is 1.10. The number of anilines is 1. The second kappa shape index (κ2) is 7.58. The number of benzene rings is 1. The van der Waals surface area contributed by atoms with Crippen molar-refractivity contribution in [2.75, 3.05) is 25.5 Å². The van der Waals surface area contributed by atoms with Gasteiger partial charge in [-0.1, -0.05) is 0 Å². The minimum Gasteiger partial charge on any atom is -0.497 e. The summed E-state index contributed by atoms with van der Waals surface area (Å²) in [6.07, 6.45) is 0.195. The summed E-state index contributed by atoms with van der Waals surface area (Å²) in [5, 5.41) is 5.60. The molecule has 1 rings (SSSR count). The third-order valence-corrected chi connectivity index (χ3v) is 2.62. The number of hydrogen-bond acceptors (Lipinski definition) is 4. The summed E-state index contributed by atoms with van der Waals surface area (Å²) < 4.78 is 18.7. The van der Waals surface area contributed by atoms with Gasteiger partial charge in [0.2, 0.25) is 5.91 Å². The quantitative estimate of drug-likeness (QED) is 0.693. The first kappa shape index (κ1) is 15.2. The lowest BCUT2D eigenvalue weighted by Crippen LogP contribution is -2.36. The van der Waals surface area contributed by atoms with Crippen molar-refractivity contribution in [1.82, 2.24) is 5.32 Å². The fourth-order valence-corrected chi connectivity index (χ4v) is 1.65. The zero-order chi connectivity index (χ0) is 14.3. The third-order valence-electron chi connectivity index (χ3n) is 2.62. The Labute approximate surface area is 112 Å². The van der Waals surface area contributed by atoms with E-state index in [1.54, 1.807) is 0 Å². The monoisotopic (exact) mass is 269 g/mol. The van der Waals surface area contributed by atoms with E-state index in [-0.39, 0.29) is 30.6 Å². The molecule has 0 aliphatic rings. The third kappa shape index (κ3) is 4.75. The van der Waals surface area contributed by atoms with Crippen LogP contribution in [0.15, 0.2) is 18.2 Å². The van der Waals surface area contributed by atoms with Gasteiger partial charge in [0.05, 0.1) is 12.8 Å². The molecule has 4 N–H and O–H groups in total. The highest BCUT2D eigenvalue weighted by molar-refractivity contribution is 5.77. The van der Waals surface area contributed by atoms with Crippen LogP contribution in [-0.4, -0.2) is 32.1 Å². The van der Waals surface area contributed by atoms with Crippen LogP contribution in [0.2, 0.25) is 0 Å². The number of halogens is 1. The van der Waals surface area contributed by atoms with E-state index in [9.17, 15) is 9.18 Å². The molecule has 1 aromatic carbocycles. The number of rotatable bonds is 7. The molecule has 0 aliphatic heterocycles. The van der Waals surface area contributed by atoms with Crippen LogP contribution in [0.1, 0.15) is 13.3 Å². The summed E-state index contributed by atoms with van der Waals surface area (Å²) in [6.45, 7) is 2.63. The summed E-state index contributed by atoms with van der Waals surface area (Å²) in [7, 11) is 1.51. The Morgan fingerprint density at radius 3 is 2.84 bits per heavy atom. The van der Waals surface area contributed by atoms with Crippen LogP contribution < -0.4 is 21.1 Å². The molecule has 0 spiro atoms. The lowest BCUT2D eigenvalue weighted by molar-refractivity contribution is -0.121. The molecule has 0 saturated carbocycles. The van der Waals surface area contributed by atoms with Crippen LogP contribution in [0, 0.1) is 5.82 Å². The molecule has 1 aromatic rings. The van der Waals surface area contributed by atoms with Gasteiger partial charge in [-0.25, -0.2) is 4.39 Å². The molecule has 0 aromatic heterocycles. The molecule has 0 bridgehead atoms. The first-order chi connectivity index (χ1) is 9.10. The minimum atomic E-state index is -0.407. The van der Waals surface area contributed by atoms with Gasteiger partial charge in [0.15, 0.2) is 0 Å². The minimum absolute atomic E-state index is 0.117. The van der Waals surface area contributed by atoms with E-state index < -0.39 is 5.82 Å². The second-order valence-corrected chi connectivity index (χ2v) is 4.08. The summed E-state index contributed by atoms with van der Waals surface area (Å²) in [5.74, 6) is 0.0154. The Morgan fingerprint density at radius 2 is 2.26 bits per heavy atom. The van der Waals surface area contributed by atoms with Crippen molar-refractivity contribution in [3.05, 3.63) is 24.0 Å². The van der Waals surface area contributed by atoms with Gasteiger partial charge < -0.3 is 21.1 Å². The maximum atomic E-state index is 13.6. The molecule has 1 amide bonds. The van der Waals surface area contributed by atoms with Crippen LogP contribution in [0.25, 0.3) is 0 Å². The summed E-state index contributed by atoms with van der Waals surface area (Å²) >= 11 is 0. The molecule has 106 valence electrons. The largest absolute Gasteiger partial charge is 0.497 e. The van der Waals surface area contributed by atoms with E-state index in [4.69, 9.17) is 10.5 Å². The number of ether oxygens (including phenoxy) is 1. The van der Waals surface area contributed by atoms with Crippen LogP contribution in [-0.2, 0) is 4.79 Å². The lowest BCUT2D eigenvalue weighted by Gasteiger charge is -2.18. The standard InChI is InChI=1S/C13H20FN3O2/c1-3-16-13(18)6-9(8-15)17-12-7-10(19-2)4-5-11(12)14/h4-5,7,9,17H,3,6,8,15H2,1-2H3,(H,16,18). The van der Waals surface area contributed by atoms with Gasteiger partial charge in [0.25, 0.3) is 0 Å². The van der Waals surface area contributed by atoms with Gasteiger partial charge in [-0.2, -0.15) is 0 Å². The van der Waals surface area contributed by atoms with Crippen LogP contribution >= 0.6 is 0 Å². The van der Waals surface area contributed by atoms with E-state index in [1.807, 2.05) is 6.92 Å². The Hall–Kier alpha value is -1.82. The highest BCUT2D eigenvalue weighted by Gasteiger charge is 2.14. The second-order valence-electron chi connectivity index (χ2n) is 4.08. The normalized spacial score (nSPS) is 11.8. The van der Waals surface area contributed by atoms with Crippen molar-refractivity contribution in [3.63, 3.8) is 0 Å². The van der Waals surface area contributed by atoms with Gasteiger partial charge in [-0.15, -0.1) is 0 Å². The Balaban J connectivity index is 2.72. The predicted molar refractivity (Wildman–Crippen MR) is 72.7 cm³/mol. The van der Waals surface area contributed by atoms with E-state index >= 15 is 0 Å². The first-order valence-corrected chi connectivity index (χ1v) is 6.17. The molecule has 0 saturated heterocycles. The van der Waals surface area contributed by atoms with Crippen LogP contribution in [0.4, 0.5) is 10.1 Å². The highest BCUT2D eigenvalue weighted by atomic mass is 19.1. The van der Waals surface area contributed by atoms with Crippen molar-refractivity contribution in [2.24, 2.45) is 5.73 Å². The SMILES string of the molecule is CCNC(=O)CC(CN)Nc1cc(OC)ccc1F. The number of carbonyl (C=O) groups excluding carboxylic acids is 1. The first-order valence-electron chi connectivity index (χ1n) is 6.17. The summed E-state index contributed by atoms with van der Waals surface area (Å²) in [6, 6.07) is 4.05. The smallest absolute Gasteiger partial charge is 0.222 e. The van der Waals surface area contributed by atoms with Crippen molar-refractivity contribution in [2.45, 2.75) is 19.4 Å². The highest BCUT2D eigenvalue weighted by Crippen LogP contribution is 2.22. The van der Waals surface area contributed by atoms with Gasteiger partial charge in [0, 0.05) is 31.6 Å². The van der Waals surface area contributed by atoms with Gasteiger partial charge in [-0.3, -0.25) is 4.79 Å². The molecule has 0 radical (unpaired) electrons. The number of nitrogens with one attached hydrogen (secondary N) is 2. The zero-order valence-electron chi connectivity index (χ0n) is 11.2. The number of hydrogen-bond donors (Lipinski definition) is 3. The maximum Gasteiger partial charge on any atom is 0.222 e. The molecule has 19 heavy (non-hydrogen) atoms. The molecule has 0 aliphatic carbocycles. The number of nitrogens with two attached hydrogens (primary N) is 1. The van der Waals surface area contributed by atoms with Crippen LogP contribution in [0.5, 0.6) is 5.75 Å². The summed E-state index contributed by atoms with van der Waals surface area (Å²) in [5.41, 5.74) is 5.87. The molecule has 1 atom stereocenters. The van der Waals surface area contributed by atoms with Crippen molar-refractivity contribution in [3.8, 4) is 5.75 Å². The molecular weight excluding hydrogens is 249 g/mol. The summed E-state index contributed by atoms with van der Waals surface area (Å²) in [4.78, 5) is 11.5. The molecule has 5 nitrogen and oxygen atoms in total. The number of amides is 1. The molecular formula is C13H20FN3O2. The van der Waals surface area contributed by atoms with Crippen LogP contribution in [0.3, 0.4) is 0 Å². The van der Waals surface area contributed by atoms with E-state index in [0.29, 0.717) is 12.3 Å². The average Bonchev–Trinajstić information content (AvgIpc) is 2.40. The molecule has 6 heteroatoms. The van der Waals surface area contributed by atoms with E-state index in [2.05, 4.69) is 10.6 Å². The Kier molecular flexibility index (Phi) is 6.08. The topological polar surface area (TPSA) is 76.4 Å². The molecule has 0 heterocycles. The number of methoxy groups -OCH3 is 1. The Bertz CT molecular complexity index is 426.